The molecule has 530 valence electrons. The third kappa shape index (κ3) is 15.3. The van der Waals surface area contributed by atoms with Crippen LogP contribution in [0.5, 0.6) is 0 Å². The van der Waals surface area contributed by atoms with E-state index in [2.05, 4.69) is 42.2 Å². The summed E-state index contributed by atoms with van der Waals surface area (Å²) in [5.41, 5.74) is 4.27. The predicted octanol–water partition coefficient (Wildman–Crippen LogP) is 7.73. The molecule has 21 nitrogen and oxygen atoms in total. The molecule has 103 heavy (non-hydrogen) atoms. The van der Waals surface area contributed by atoms with Gasteiger partial charge in [-0.1, -0.05) is 234 Å². The number of hydrogen-bond donors (Lipinski definition) is 8. The molecule has 2 aromatic heterocycles. The molecule has 0 bridgehead atoms. The van der Waals surface area contributed by atoms with Crippen molar-refractivity contribution in [2.45, 2.75) is 132 Å². The van der Waals surface area contributed by atoms with E-state index in [9.17, 15) is 4.79 Å². The van der Waals surface area contributed by atoms with Crippen molar-refractivity contribution < 1.29 is 43.2 Å². The first-order valence-corrected chi connectivity index (χ1v) is 35.6. The summed E-state index contributed by atoms with van der Waals surface area (Å²) in [6.45, 7) is 6.62. The van der Waals surface area contributed by atoms with Crippen LogP contribution in [0.1, 0.15) is 111 Å². The Hall–Kier alpha value is -11.5. The van der Waals surface area contributed by atoms with Crippen LogP contribution in [0.15, 0.2) is 225 Å². The molecule has 0 radical (unpaired) electrons. The molecule has 8 N–H and O–H groups in total. The molecule has 3 aliphatic heterocycles. The van der Waals surface area contributed by atoms with Crippen molar-refractivity contribution in [3.05, 3.63) is 270 Å². The van der Waals surface area contributed by atoms with Crippen molar-refractivity contribution in [2.75, 3.05) is 19.6 Å². The van der Waals surface area contributed by atoms with Crippen molar-refractivity contribution >= 4 is 64.1 Å². The number of imidazole rings is 1. The summed E-state index contributed by atoms with van der Waals surface area (Å²) in [6.07, 6.45) is 6.04. The van der Waals surface area contributed by atoms with E-state index in [1.807, 2.05) is 224 Å². The summed E-state index contributed by atoms with van der Waals surface area (Å²) < 4.78 is 1.97. The van der Waals surface area contributed by atoms with Crippen LogP contribution < -0.4 is 37.2 Å². The minimum atomic E-state index is -1.68. The van der Waals surface area contributed by atoms with Crippen LogP contribution in [0.2, 0.25) is 0 Å². The van der Waals surface area contributed by atoms with E-state index >= 15 is 38.4 Å². The molecule has 3 aliphatic rings. The average Bonchev–Trinajstić information content (AvgIpc) is 1.54. The minimum Gasteiger partial charge on any atom is -0.361 e. The minimum absolute atomic E-state index is 0.0605. The van der Waals surface area contributed by atoms with Crippen LogP contribution in [0.25, 0.3) is 10.9 Å². The maximum atomic E-state index is 15.5. The van der Waals surface area contributed by atoms with E-state index in [-0.39, 0.29) is 38.8 Å². The van der Waals surface area contributed by atoms with Gasteiger partial charge in [-0.25, -0.2) is 4.98 Å². The van der Waals surface area contributed by atoms with Gasteiger partial charge in [-0.3, -0.25) is 43.2 Å². The summed E-state index contributed by atoms with van der Waals surface area (Å²) >= 11 is 0. The van der Waals surface area contributed by atoms with E-state index in [1.165, 1.54) is 9.80 Å². The standard InChI is InChI=1S/C82H88N12O9/c1-5-54(4)73-80(103)94-45-27-43-69(94)79(102)93-44-26-42-68(93)77(100)87-65(46-55-49-83-64-41-25-24-40-63(55)64)75(98)86-66(47-62-51-92(52-85-62)82(59-34-18-9-19-35-59,60-36-20-10-21-37-60)61-38-22-11-23-39-61)74(97)84-50-71(96)89-72(53(2)3)78(101)88-67(76(99)90-73)48-70(95)91-81(56-28-12-6-13-29-56,57-30-14-7-15-31-57)58-32-16-8-17-33-58/h6-25,28-41,49,51-54,65-69,72-73,83H,5,26-27,42-48,50H2,1-4H3,(H,84,97)(H,86,98)(H,87,100)(H,88,101)(H,89,96)(H,90,99)(H,91,95)/t54-,65-,66-,67-,68-,69-,72-,73-/m0/s1. The zero-order valence-corrected chi connectivity index (χ0v) is 58.3. The van der Waals surface area contributed by atoms with Crippen LogP contribution in [0.3, 0.4) is 0 Å². The topological polar surface area (TPSA) is 278 Å². The number of benzene rings is 7. The fraction of sp³-hybridized carbons (Fsp3) is 0.317. The first-order chi connectivity index (χ1) is 50.0. The molecule has 21 heteroatoms. The number of H-pyrrole nitrogens is 1. The molecule has 12 rings (SSSR count). The molecular weight excluding hydrogens is 1300 g/mol. The predicted molar refractivity (Wildman–Crippen MR) is 391 cm³/mol. The number of rotatable bonds is 17. The molecule has 9 aromatic rings. The Bertz CT molecular complexity index is 4290. The van der Waals surface area contributed by atoms with E-state index in [0.717, 1.165) is 27.6 Å². The van der Waals surface area contributed by atoms with Gasteiger partial charge in [0.1, 0.15) is 53.4 Å². The number of fused-ring (bicyclic) bond motifs is 3. The number of carbonyl (C=O) groups is 9. The van der Waals surface area contributed by atoms with Gasteiger partial charge in [0.25, 0.3) is 0 Å². The van der Waals surface area contributed by atoms with Crippen molar-refractivity contribution in [1.82, 2.24) is 61.6 Å². The number of nitrogens with zero attached hydrogens (tertiary/aromatic N) is 4. The number of para-hydroxylation sites is 1. The summed E-state index contributed by atoms with van der Waals surface area (Å²) in [4.78, 5) is 148. The number of aromatic amines is 1. The summed E-state index contributed by atoms with van der Waals surface area (Å²) in [5.74, 6) is -7.64. The average molecular weight is 1390 g/mol. The molecule has 0 unspecified atom stereocenters. The zero-order valence-electron chi connectivity index (χ0n) is 58.3. The zero-order chi connectivity index (χ0) is 72.2. The third-order valence-corrected chi connectivity index (χ3v) is 20.5. The molecule has 5 heterocycles. The second kappa shape index (κ2) is 32.0. The maximum Gasteiger partial charge on any atom is 0.246 e. The highest BCUT2D eigenvalue weighted by Gasteiger charge is 2.47. The van der Waals surface area contributed by atoms with Crippen molar-refractivity contribution in [3.8, 4) is 0 Å². The number of aromatic nitrogens is 3. The number of carbonyl (C=O) groups excluding carboxylic acids is 9. The molecule has 3 fully saturated rings. The lowest BCUT2D eigenvalue weighted by Crippen LogP contribution is -2.62. The monoisotopic (exact) mass is 1380 g/mol. The molecule has 0 aliphatic carbocycles. The lowest BCUT2D eigenvalue weighted by molar-refractivity contribution is -0.149. The summed E-state index contributed by atoms with van der Waals surface area (Å²) in [7, 11) is 0. The Morgan fingerprint density at radius 3 is 1.53 bits per heavy atom. The van der Waals surface area contributed by atoms with Crippen LogP contribution in [-0.2, 0) is 67.1 Å². The molecule has 9 amide bonds. The third-order valence-electron chi connectivity index (χ3n) is 20.5. The van der Waals surface area contributed by atoms with Gasteiger partial charge in [0.2, 0.25) is 53.2 Å². The Kier molecular flexibility index (Phi) is 22.2. The second-order valence-electron chi connectivity index (χ2n) is 27.4. The Morgan fingerprint density at radius 2 is 0.990 bits per heavy atom. The molecule has 8 atom stereocenters. The Morgan fingerprint density at radius 1 is 0.515 bits per heavy atom. The van der Waals surface area contributed by atoms with Crippen molar-refractivity contribution in [2.24, 2.45) is 11.8 Å². The number of hydrogen-bond acceptors (Lipinski definition) is 10. The second-order valence-corrected chi connectivity index (χ2v) is 27.4. The number of amides is 9. The fourth-order valence-electron chi connectivity index (χ4n) is 15.0. The molecule has 0 saturated carbocycles. The van der Waals surface area contributed by atoms with Crippen LogP contribution in [0.4, 0.5) is 0 Å². The number of nitrogens with one attached hydrogen (secondary N) is 8. The summed E-state index contributed by atoms with van der Waals surface area (Å²) in [5, 5.41) is 21.3. The van der Waals surface area contributed by atoms with Crippen LogP contribution in [-0.4, -0.2) is 139 Å². The largest absolute Gasteiger partial charge is 0.361 e. The van der Waals surface area contributed by atoms with Crippen molar-refractivity contribution in [1.29, 1.82) is 0 Å². The SMILES string of the molecule is CC[C@H](C)[C@@H]1NC(=O)[C@H](CC(=O)NC(c2ccccc2)(c2ccccc2)c2ccccc2)NC(=O)[C@H](C(C)C)NC(=O)CNC(=O)[C@H](Cc2cn(C(c3ccccc3)(c3ccccc3)c3ccccc3)cn2)NC(=O)[C@H](Cc2c[nH]c3ccccc23)NC(=O)[C@@H]2CCCN2C(=O)[C@@H]2CCCN2C1=O. The molecular formula is C82H88N12O9. The first-order valence-electron chi connectivity index (χ1n) is 35.6. The normalized spacial score (nSPS) is 21.1. The van der Waals surface area contributed by atoms with Gasteiger partial charge in [-0.15, -0.1) is 0 Å². The highest BCUT2D eigenvalue weighted by Crippen LogP contribution is 2.42. The Balaban J connectivity index is 0.912. The highest BCUT2D eigenvalue weighted by atomic mass is 16.2. The fourth-order valence-corrected chi connectivity index (χ4v) is 15.0. The molecule has 3 saturated heterocycles. The maximum absolute atomic E-state index is 15.5. The summed E-state index contributed by atoms with van der Waals surface area (Å²) in [6, 6.07) is 56.1. The van der Waals surface area contributed by atoms with E-state index < -0.39 is 131 Å². The van der Waals surface area contributed by atoms with Gasteiger partial charge >= 0.3 is 0 Å². The van der Waals surface area contributed by atoms with Gasteiger partial charge in [0, 0.05) is 49.2 Å². The smallest absolute Gasteiger partial charge is 0.246 e. The van der Waals surface area contributed by atoms with Gasteiger partial charge in [0.05, 0.1) is 25.0 Å². The van der Waals surface area contributed by atoms with Gasteiger partial charge < -0.3 is 56.6 Å². The van der Waals surface area contributed by atoms with E-state index in [0.29, 0.717) is 47.2 Å². The van der Waals surface area contributed by atoms with E-state index in [4.69, 9.17) is 4.98 Å². The van der Waals surface area contributed by atoms with Gasteiger partial charge in [0.15, 0.2) is 0 Å². The van der Waals surface area contributed by atoms with Gasteiger partial charge in [-0.05, 0) is 82.5 Å². The molecule has 7 aromatic carbocycles. The van der Waals surface area contributed by atoms with Crippen molar-refractivity contribution in [3.63, 3.8) is 0 Å². The van der Waals surface area contributed by atoms with Gasteiger partial charge in [-0.2, -0.15) is 0 Å². The lowest BCUT2D eigenvalue weighted by atomic mass is 9.77. The molecule has 0 spiro atoms. The Labute approximate surface area is 599 Å². The van der Waals surface area contributed by atoms with Crippen LogP contribution in [0, 0.1) is 11.8 Å². The quantitative estimate of drug-likeness (QED) is 0.0411. The highest BCUT2D eigenvalue weighted by molar-refractivity contribution is 6.00. The lowest BCUT2D eigenvalue weighted by Gasteiger charge is -2.37. The van der Waals surface area contributed by atoms with E-state index in [1.54, 1.807) is 33.3 Å². The first kappa shape index (κ1) is 71.3. The van der Waals surface area contributed by atoms with Crippen LogP contribution >= 0.6 is 0 Å².